The zero-order chi connectivity index (χ0) is 25.9. The van der Waals surface area contributed by atoms with Crippen molar-refractivity contribution in [1.82, 2.24) is 4.57 Å². The Bertz CT molecular complexity index is 1510. The van der Waals surface area contributed by atoms with Crippen LogP contribution in [0.1, 0.15) is 54.3 Å². The number of halogens is 1. The molecule has 37 heavy (non-hydrogen) atoms. The number of hydrogen-bond acceptors (Lipinski definition) is 1. The Morgan fingerprint density at radius 3 is 1.95 bits per heavy atom. The minimum absolute atomic E-state index is 0.384. The van der Waals surface area contributed by atoms with E-state index in [1.54, 1.807) is 0 Å². The van der Waals surface area contributed by atoms with Gasteiger partial charge in [-0.05, 0) is 95.8 Å². The lowest BCUT2D eigenvalue weighted by Gasteiger charge is -2.11. The Balaban J connectivity index is 1.42. The Morgan fingerprint density at radius 1 is 0.730 bits per heavy atom. The second kappa shape index (κ2) is 10.9. The van der Waals surface area contributed by atoms with Gasteiger partial charge in [0.1, 0.15) is 5.75 Å². The average molecular weight is 508 g/mol. The fourth-order valence-electron chi connectivity index (χ4n) is 5.25. The van der Waals surface area contributed by atoms with E-state index in [0.717, 1.165) is 53.0 Å². The third-order valence-corrected chi connectivity index (χ3v) is 7.24. The van der Waals surface area contributed by atoms with Crippen LogP contribution in [0.25, 0.3) is 16.6 Å². The summed E-state index contributed by atoms with van der Waals surface area (Å²) in [6, 6.07) is 32.1. The van der Waals surface area contributed by atoms with Crippen LogP contribution in [0.4, 0.5) is 0 Å². The van der Waals surface area contributed by atoms with E-state index in [1.165, 1.54) is 27.8 Å². The van der Waals surface area contributed by atoms with Gasteiger partial charge in [0.2, 0.25) is 0 Å². The van der Waals surface area contributed by atoms with Gasteiger partial charge in [0.15, 0.2) is 0 Å². The quantitative estimate of drug-likeness (QED) is 0.223. The van der Waals surface area contributed by atoms with Gasteiger partial charge >= 0.3 is 0 Å². The maximum Gasteiger partial charge on any atom is 0.144 e. The summed E-state index contributed by atoms with van der Waals surface area (Å²) in [6.07, 6.45) is 3.54. The van der Waals surface area contributed by atoms with Crippen molar-refractivity contribution in [3.05, 3.63) is 130 Å². The van der Waals surface area contributed by atoms with Crippen LogP contribution < -0.4 is 0 Å². The summed E-state index contributed by atoms with van der Waals surface area (Å²) in [5, 5.41) is 12.9. The van der Waals surface area contributed by atoms with Gasteiger partial charge in [0, 0.05) is 16.1 Å². The van der Waals surface area contributed by atoms with Crippen LogP contribution >= 0.6 is 11.6 Å². The Hall–Kier alpha value is -3.49. The van der Waals surface area contributed by atoms with Crippen molar-refractivity contribution in [2.75, 3.05) is 0 Å². The first kappa shape index (κ1) is 25.2. The lowest BCUT2D eigenvalue weighted by molar-refractivity contribution is 0.473. The molecule has 0 amide bonds. The Kier molecular flexibility index (Phi) is 7.39. The third kappa shape index (κ3) is 5.60. The highest BCUT2D eigenvalue weighted by atomic mass is 35.5. The number of aromatic hydroxyl groups is 1. The first-order valence-electron chi connectivity index (χ1n) is 13.2. The molecule has 0 unspecified atom stereocenters. The molecule has 0 spiro atoms. The third-order valence-electron chi connectivity index (χ3n) is 7.00. The highest BCUT2D eigenvalue weighted by Crippen LogP contribution is 2.36. The zero-order valence-electron chi connectivity index (χ0n) is 21.8. The highest BCUT2D eigenvalue weighted by molar-refractivity contribution is 6.30. The maximum atomic E-state index is 11.2. The predicted molar refractivity (Wildman–Crippen MR) is 156 cm³/mol. The number of fused-ring (bicyclic) bond motifs is 1. The minimum atomic E-state index is 0.384. The van der Waals surface area contributed by atoms with E-state index < -0.39 is 0 Å². The molecule has 1 heterocycles. The summed E-state index contributed by atoms with van der Waals surface area (Å²) < 4.78 is 2.19. The first-order valence-corrected chi connectivity index (χ1v) is 13.6. The molecule has 0 saturated heterocycles. The topological polar surface area (TPSA) is 25.2 Å². The van der Waals surface area contributed by atoms with Gasteiger partial charge in [-0.15, -0.1) is 0 Å². The van der Waals surface area contributed by atoms with Crippen molar-refractivity contribution in [2.45, 2.75) is 46.5 Å². The number of hydrogen-bond donors (Lipinski definition) is 1. The van der Waals surface area contributed by atoms with E-state index in [4.69, 9.17) is 11.6 Å². The number of aromatic nitrogens is 1. The molecule has 188 valence electrons. The molecule has 2 nitrogen and oxygen atoms in total. The molecule has 3 heteroatoms. The smallest absolute Gasteiger partial charge is 0.144 e. The Labute approximate surface area is 225 Å². The van der Waals surface area contributed by atoms with Crippen molar-refractivity contribution in [3.8, 4) is 11.4 Å². The largest absolute Gasteiger partial charge is 0.505 e. The van der Waals surface area contributed by atoms with E-state index in [-0.39, 0.29) is 0 Å². The molecule has 0 fully saturated rings. The zero-order valence-corrected chi connectivity index (χ0v) is 22.6. The van der Waals surface area contributed by atoms with Gasteiger partial charge in [-0.25, -0.2) is 0 Å². The molecule has 5 aromatic rings. The van der Waals surface area contributed by atoms with Crippen LogP contribution in [0.5, 0.6) is 5.75 Å². The van der Waals surface area contributed by atoms with E-state index in [2.05, 4.69) is 98.1 Å². The van der Waals surface area contributed by atoms with E-state index >= 15 is 0 Å². The monoisotopic (exact) mass is 507 g/mol. The van der Waals surface area contributed by atoms with Crippen molar-refractivity contribution in [2.24, 2.45) is 5.92 Å². The molecule has 1 N–H and O–H groups in total. The molecular formula is C34H34ClNO. The summed E-state index contributed by atoms with van der Waals surface area (Å²) in [5.74, 6) is 1.04. The first-order chi connectivity index (χ1) is 17.9. The average Bonchev–Trinajstić information content (AvgIpc) is 3.16. The van der Waals surface area contributed by atoms with Crippen LogP contribution in [0.3, 0.4) is 0 Å². The van der Waals surface area contributed by atoms with Crippen molar-refractivity contribution < 1.29 is 5.11 Å². The second-order valence-corrected chi connectivity index (χ2v) is 10.8. The van der Waals surface area contributed by atoms with Gasteiger partial charge < -0.3 is 9.67 Å². The van der Waals surface area contributed by atoms with Crippen LogP contribution in [-0.2, 0) is 25.7 Å². The summed E-state index contributed by atoms with van der Waals surface area (Å²) in [6.45, 7) is 6.60. The van der Waals surface area contributed by atoms with E-state index in [0.29, 0.717) is 11.7 Å². The van der Waals surface area contributed by atoms with Crippen molar-refractivity contribution in [3.63, 3.8) is 0 Å². The molecule has 5 rings (SSSR count). The second-order valence-electron chi connectivity index (χ2n) is 10.4. The Morgan fingerprint density at radius 2 is 1.32 bits per heavy atom. The van der Waals surface area contributed by atoms with Crippen LogP contribution in [0.15, 0.2) is 91.0 Å². The number of nitrogens with zero attached hydrogens (tertiary/aromatic N) is 1. The van der Waals surface area contributed by atoms with E-state index in [9.17, 15) is 5.11 Å². The highest BCUT2D eigenvalue weighted by Gasteiger charge is 2.17. The summed E-state index contributed by atoms with van der Waals surface area (Å²) >= 11 is 6.16. The standard InChI is InChI=1S/C34H34ClNO/c1-4-32-34(37)31-22-28(20-25-10-8-24(9-11-25)18-23(2)3)14-17-33(31)36(32)30-15-12-26(13-16-30)19-27-6-5-7-29(35)21-27/h5-17,21-23,37H,4,18-20H2,1-3H3. The van der Waals surface area contributed by atoms with Gasteiger partial charge in [0.05, 0.1) is 11.2 Å². The van der Waals surface area contributed by atoms with Gasteiger partial charge in [-0.3, -0.25) is 0 Å². The summed E-state index contributed by atoms with van der Waals surface area (Å²) in [5.41, 5.74) is 9.33. The molecule has 0 saturated carbocycles. The van der Waals surface area contributed by atoms with E-state index in [1.807, 2.05) is 18.2 Å². The summed E-state index contributed by atoms with van der Waals surface area (Å²) in [7, 11) is 0. The van der Waals surface area contributed by atoms with Crippen LogP contribution in [0, 0.1) is 5.92 Å². The lowest BCUT2D eigenvalue weighted by atomic mass is 9.99. The van der Waals surface area contributed by atoms with Crippen molar-refractivity contribution >= 4 is 22.5 Å². The fourth-order valence-corrected chi connectivity index (χ4v) is 5.46. The molecule has 0 aliphatic heterocycles. The number of rotatable bonds is 8. The van der Waals surface area contributed by atoms with Gasteiger partial charge in [0.25, 0.3) is 0 Å². The predicted octanol–water partition coefficient (Wildman–Crippen LogP) is 8.93. The molecule has 4 aromatic carbocycles. The van der Waals surface area contributed by atoms with Crippen LogP contribution in [0.2, 0.25) is 5.02 Å². The lowest BCUT2D eigenvalue weighted by Crippen LogP contribution is -2.00. The molecule has 0 atom stereocenters. The molecule has 0 aliphatic rings. The summed E-state index contributed by atoms with van der Waals surface area (Å²) in [4.78, 5) is 0. The fraction of sp³-hybridized carbons (Fsp3) is 0.235. The van der Waals surface area contributed by atoms with Gasteiger partial charge in [-0.2, -0.15) is 0 Å². The van der Waals surface area contributed by atoms with Crippen LogP contribution in [-0.4, -0.2) is 9.67 Å². The number of benzene rings is 4. The molecule has 0 bridgehead atoms. The maximum absolute atomic E-state index is 11.2. The molecule has 0 radical (unpaired) electrons. The SMILES string of the molecule is CCc1c(O)c2cc(Cc3ccc(CC(C)C)cc3)ccc2n1-c1ccc(Cc2cccc(Cl)c2)cc1. The van der Waals surface area contributed by atoms with Crippen molar-refractivity contribution in [1.29, 1.82) is 0 Å². The minimum Gasteiger partial charge on any atom is -0.505 e. The molecule has 0 aliphatic carbocycles. The van der Waals surface area contributed by atoms with Gasteiger partial charge in [-0.1, -0.05) is 87.0 Å². The molecular weight excluding hydrogens is 474 g/mol. The molecule has 1 aromatic heterocycles. The normalized spacial score (nSPS) is 11.5.